The molecule has 1 aromatic rings. The van der Waals surface area contributed by atoms with Gasteiger partial charge < -0.3 is 9.63 Å². The molecular weight excluding hydrogens is 240 g/mol. The Morgan fingerprint density at radius 3 is 2.89 bits per heavy atom. The van der Waals surface area contributed by atoms with Gasteiger partial charge in [-0.2, -0.15) is 0 Å². The van der Waals surface area contributed by atoms with Crippen LogP contribution >= 0.6 is 0 Å². The van der Waals surface area contributed by atoms with Crippen LogP contribution in [0.4, 0.5) is 0 Å². The van der Waals surface area contributed by atoms with Crippen molar-refractivity contribution in [2.24, 2.45) is 5.41 Å². The number of hydrogen-bond acceptors (Lipinski definition) is 4. The highest BCUT2D eigenvalue weighted by atomic mass is 16.5. The van der Waals surface area contributed by atoms with Gasteiger partial charge in [-0.05, 0) is 18.3 Å². The van der Waals surface area contributed by atoms with E-state index in [0.717, 1.165) is 43.9 Å². The highest BCUT2D eigenvalue weighted by Crippen LogP contribution is 2.29. The fourth-order valence-electron chi connectivity index (χ4n) is 2.86. The average molecular weight is 266 g/mol. The molecule has 108 valence electrons. The summed E-state index contributed by atoms with van der Waals surface area (Å²) in [4.78, 5) is 2.37. The van der Waals surface area contributed by atoms with Crippen LogP contribution in [0.25, 0.3) is 0 Å². The summed E-state index contributed by atoms with van der Waals surface area (Å²) >= 11 is 0. The first-order chi connectivity index (χ1) is 8.85. The molecule has 1 fully saturated rings. The first-order valence-electron chi connectivity index (χ1n) is 7.22. The van der Waals surface area contributed by atoms with Crippen LogP contribution in [0.1, 0.15) is 57.9 Å². The minimum Gasteiger partial charge on any atom is -0.393 e. The molecule has 1 saturated heterocycles. The van der Waals surface area contributed by atoms with E-state index in [1.54, 1.807) is 0 Å². The van der Waals surface area contributed by atoms with E-state index in [0.29, 0.717) is 5.92 Å². The van der Waals surface area contributed by atoms with Crippen LogP contribution in [0.15, 0.2) is 10.6 Å². The second-order valence-electron chi connectivity index (χ2n) is 6.90. The number of rotatable bonds is 3. The number of nitrogens with zero attached hydrogens (tertiary/aromatic N) is 2. The Morgan fingerprint density at radius 1 is 1.53 bits per heavy atom. The summed E-state index contributed by atoms with van der Waals surface area (Å²) in [5, 5.41) is 14.1. The second-order valence-corrected chi connectivity index (χ2v) is 6.90. The molecule has 0 unspecified atom stereocenters. The summed E-state index contributed by atoms with van der Waals surface area (Å²) in [6, 6.07) is 2.05. The summed E-state index contributed by atoms with van der Waals surface area (Å²) in [7, 11) is 0. The minimum atomic E-state index is -0.177. The van der Waals surface area contributed by atoms with Crippen LogP contribution in [0.3, 0.4) is 0 Å². The van der Waals surface area contributed by atoms with E-state index in [4.69, 9.17) is 4.52 Å². The number of aliphatic hydroxyl groups is 1. The van der Waals surface area contributed by atoms with Crippen molar-refractivity contribution in [3.05, 3.63) is 17.5 Å². The van der Waals surface area contributed by atoms with Crippen molar-refractivity contribution in [3.8, 4) is 0 Å². The van der Waals surface area contributed by atoms with Gasteiger partial charge in [0.1, 0.15) is 5.76 Å². The van der Waals surface area contributed by atoms with Crippen LogP contribution < -0.4 is 0 Å². The molecule has 0 saturated carbocycles. The first kappa shape index (κ1) is 14.5. The van der Waals surface area contributed by atoms with E-state index >= 15 is 0 Å². The predicted octanol–water partition coefficient (Wildman–Crippen LogP) is 2.78. The zero-order valence-electron chi connectivity index (χ0n) is 12.5. The van der Waals surface area contributed by atoms with E-state index in [1.807, 2.05) is 0 Å². The lowest BCUT2D eigenvalue weighted by Crippen LogP contribution is -2.32. The molecule has 1 N–H and O–H groups in total. The highest BCUT2D eigenvalue weighted by Gasteiger charge is 2.29. The molecular formula is C15H26N2O2. The normalized spacial score (nSPS) is 24.6. The van der Waals surface area contributed by atoms with Gasteiger partial charge in [0.25, 0.3) is 0 Å². The number of likely N-dealkylation sites (tertiary alicyclic amines) is 1. The molecule has 1 aromatic heterocycles. The van der Waals surface area contributed by atoms with Crippen molar-refractivity contribution >= 4 is 0 Å². The third kappa shape index (κ3) is 4.05. The number of aliphatic hydroxyl groups excluding tert-OH is 1. The zero-order valence-corrected chi connectivity index (χ0v) is 12.5. The molecule has 0 aliphatic carbocycles. The van der Waals surface area contributed by atoms with Crippen LogP contribution in [0.2, 0.25) is 0 Å². The van der Waals surface area contributed by atoms with Crippen molar-refractivity contribution in [1.29, 1.82) is 0 Å². The summed E-state index contributed by atoms with van der Waals surface area (Å²) in [5.41, 5.74) is 1.15. The molecule has 2 heterocycles. The molecule has 4 heteroatoms. The molecule has 0 spiro atoms. The summed E-state index contributed by atoms with van der Waals surface area (Å²) < 4.78 is 5.35. The Hall–Kier alpha value is -0.870. The van der Waals surface area contributed by atoms with Gasteiger partial charge in [-0.15, -0.1) is 0 Å². The maximum Gasteiger partial charge on any atom is 0.139 e. The largest absolute Gasteiger partial charge is 0.393 e. The van der Waals surface area contributed by atoms with Crippen LogP contribution in [-0.2, 0) is 6.54 Å². The predicted molar refractivity (Wildman–Crippen MR) is 74.9 cm³/mol. The van der Waals surface area contributed by atoms with Gasteiger partial charge >= 0.3 is 0 Å². The lowest BCUT2D eigenvalue weighted by molar-refractivity contribution is 0.121. The fourth-order valence-corrected chi connectivity index (χ4v) is 2.86. The van der Waals surface area contributed by atoms with E-state index in [9.17, 15) is 5.11 Å². The first-order valence-corrected chi connectivity index (χ1v) is 7.22. The third-order valence-corrected chi connectivity index (χ3v) is 3.75. The quantitative estimate of drug-likeness (QED) is 0.914. The molecule has 1 atom stereocenters. The van der Waals surface area contributed by atoms with Crippen molar-refractivity contribution in [1.82, 2.24) is 10.1 Å². The summed E-state index contributed by atoms with van der Waals surface area (Å²) in [5.74, 6) is 1.33. The molecule has 4 nitrogen and oxygen atoms in total. The molecule has 1 aliphatic rings. The Bertz CT molecular complexity index is 412. The highest BCUT2D eigenvalue weighted by molar-refractivity contribution is 5.08. The van der Waals surface area contributed by atoms with Gasteiger partial charge in [-0.3, -0.25) is 4.90 Å². The van der Waals surface area contributed by atoms with Gasteiger partial charge in [0.05, 0.1) is 11.8 Å². The number of aromatic nitrogens is 1. The molecule has 0 aromatic carbocycles. The lowest BCUT2D eigenvalue weighted by atomic mass is 9.87. The van der Waals surface area contributed by atoms with E-state index in [-0.39, 0.29) is 11.5 Å². The van der Waals surface area contributed by atoms with E-state index < -0.39 is 0 Å². The van der Waals surface area contributed by atoms with Gasteiger partial charge in [-0.25, -0.2) is 0 Å². The van der Waals surface area contributed by atoms with Gasteiger partial charge in [0.15, 0.2) is 0 Å². The van der Waals surface area contributed by atoms with Crippen LogP contribution in [-0.4, -0.2) is 34.4 Å². The molecule has 19 heavy (non-hydrogen) atoms. The maximum absolute atomic E-state index is 9.92. The van der Waals surface area contributed by atoms with Gasteiger partial charge in [0, 0.05) is 31.6 Å². The van der Waals surface area contributed by atoms with Crippen molar-refractivity contribution in [2.75, 3.05) is 13.1 Å². The van der Waals surface area contributed by atoms with Crippen LogP contribution in [0.5, 0.6) is 0 Å². The van der Waals surface area contributed by atoms with Crippen molar-refractivity contribution < 1.29 is 9.63 Å². The molecule has 0 bridgehead atoms. The average Bonchev–Trinajstić information content (AvgIpc) is 2.68. The Balaban J connectivity index is 2.01. The van der Waals surface area contributed by atoms with E-state index in [2.05, 4.69) is 43.8 Å². The van der Waals surface area contributed by atoms with E-state index in [1.165, 1.54) is 0 Å². The SMILES string of the molecule is CC(C)c1cc(CN2CC[C@H](O)CC(C)(C)C2)no1. The summed E-state index contributed by atoms with van der Waals surface area (Å²) in [6.07, 6.45) is 1.54. The molecule has 0 amide bonds. The second kappa shape index (κ2) is 5.63. The third-order valence-electron chi connectivity index (χ3n) is 3.75. The monoisotopic (exact) mass is 266 g/mol. The molecule has 0 radical (unpaired) electrons. The van der Waals surface area contributed by atoms with Gasteiger partial charge in [0.2, 0.25) is 0 Å². The topological polar surface area (TPSA) is 49.5 Å². The van der Waals surface area contributed by atoms with Crippen molar-refractivity contribution in [2.45, 2.75) is 59.1 Å². The minimum absolute atomic E-state index is 0.153. The molecule has 2 rings (SSSR count). The smallest absolute Gasteiger partial charge is 0.139 e. The Morgan fingerprint density at radius 2 is 2.26 bits per heavy atom. The Kier molecular flexibility index (Phi) is 4.31. The molecule has 1 aliphatic heterocycles. The fraction of sp³-hybridized carbons (Fsp3) is 0.800. The standard InChI is InChI=1S/C15H26N2O2/c1-11(2)14-7-12(16-19-14)9-17-6-5-13(18)8-15(3,4)10-17/h7,11,13,18H,5-6,8-10H2,1-4H3/t13-/m0/s1. The zero-order chi connectivity index (χ0) is 14.0. The van der Waals surface area contributed by atoms with Gasteiger partial charge in [-0.1, -0.05) is 32.9 Å². The number of hydrogen-bond donors (Lipinski definition) is 1. The summed E-state index contributed by atoms with van der Waals surface area (Å²) in [6.45, 7) is 11.4. The van der Waals surface area contributed by atoms with Crippen molar-refractivity contribution in [3.63, 3.8) is 0 Å². The Labute approximate surface area is 115 Å². The maximum atomic E-state index is 9.92. The lowest BCUT2D eigenvalue weighted by Gasteiger charge is -2.29. The van der Waals surface area contributed by atoms with Crippen LogP contribution in [0, 0.1) is 5.41 Å².